The molecule has 0 aromatic heterocycles. The summed E-state index contributed by atoms with van der Waals surface area (Å²) >= 11 is 5.80. The number of aromatic hydroxyl groups is 1. The third-order valence-electron chi connectivity index (χ3n) is 3.40. The molecule has 5 heteroatoms. The largest absolute Gasteiger partial charge is 0.506 e. The zero-order valence-electron chi connectivity index (χ0n) is 9.22. The van der Waals surface area contributed by atoms with Gasteiger partial charge in [0.25, 0.3) is 0 Å². The van der Waals surface area contributed by atoms with Crippen molar-refractivity contribution < 1.29 is 13.9 Å². The molecule has 1 aromatic carbocycles. The molecule has 2 rings (SSSR count). The second kappa shape index (κ2) is 4.10. The highest BCUT2D eigenvalue weighted by Crippen LogP contribution is 2.45. The van der Waals surface area contributed by atoms with Crippen LogP contribution in [0.1, 0.15) is 31.2 Å². The zero-order valence-corrected chi connectivity index (χ0v) is 9.97. The molecule has 0 atom stereocenters. The number of phenolic OH excluding ortho intramolecular Hbond substituents is 1. The topological polar surface area (TPSA) is 46.2 Å². The lowest BCUT2D eigenvalue weighted by molar-refractivity contribution is -0.0516. The van der Waals surface area contributed by atoms with Crippen molar-refractivity contribution in [3.8, 4) is 5.75 Å². The van der Waals surface area contributed by atoms with Gasteiger partial charge in [0.05, 0.1) is 5.02 Å². The van der Waals surface area contributed by atoms with Crippen molar-refractivity contribution >= 4 is 11.6 Å². The maximum atomic E-state index is 13.1. The molecule has 0 unspecified atom stereocenters. The fourth-order valence-electron chi connectivity index (χ4n) is 2.25. The van der Waals surface area contributed by atoms with Crippen LogP contribution >= 0.6 is 11.6 Å². The van der Waals surface area contributed by atoms with Gasteiger partial charge in [-0.25, -0.2) is 8.78 Å². The molecule has 0 aliphatic heterocycles. The molecule has 1 fully saturated rings. The van der Waals surface area contributed by atoms with Gasteiger partial charge in [0.1, 0.15) is 5.75 Å². The van der Waals surface area contributed by atoms with Crippen molar-refractivity contribution in [1.82, 2.24) is 0 Å². The normalized spacial score (nSPS) is 22.4. The van der Waals surface area contributed by atoms with Gasteiger partial charge in [-0.1, -0.05) is 23.7 Å². The van der Waals surface area contributed by atoms with Crippen molar-refractivity contribution in [2.75, 3.05) is 0 Å². The van der Waals surface area contributed by atoms with E-state index < -0.39 is 11.5 Å². The average molecular weight is 262 g/mol. The van der Waals surface area contributed by atoms with Gasteiger partial charge in [0, 0.05) is 23.9 Å². The highest BCUT2D eigenvalue weighted by Gasteiger charge is 2.43. The smallest absolute Gasteiger partial charge is 0.248 e. The maximum Gasteiger partial charge on any atom is 0.248 e. The SMILES string of the molecule is NC1(c2cccc(Cl)c2O)CCC(F)(F)CC1. The number of alkyl halides is 2. The standard InChI is InChI=1S/C12H14ClF2NO/c13-9-3-1-2-8(10(9)17)11(16)4-6-12(14,15)7-5-11/h1-3,17H,4-7,16H2. The summed E-state index contributed by atoms with van der Waals surface area (Å²) < 4.78 is 26.2. The van der Waals surface area contributed by atoms with Crippen LogP contribution in [0.2, 0.25) is 5.02 Å². The molecule has 1 aliphatic rings. The highest BCUT2D eigenvalue weighted by atomic mass is 35.5. The average Bonchev–Trinajstić information content (AvgIpc) is 2.27. The number of para-hydroxylation sites is 1. The molecule has 1 aliphatic carbocycles. The Morgan fingerprint density at radius 1 is 1.18 bits per heavy atom. The molecule has 1 aromatic rings. The van der Waals surface area contributed by atoms with E-state index in [9.17, 15) is 13.9 Å². The Bertz CT molecular complexity index is 427. The van der Waals surface area contributed by atoms with Gasteiger partial charge in [-0.05, 0) is 18.9 Å². The summed E-state index contributed by atoms with van der Waals surface area (Å²) in [6, 6.07) is 4.85. The van der Waals surface area contributed by atoms with Crippen molar-refractivity contribution in [1.29, 1.82) is 0 Å². The molecule has 3 N–H and O–H groups in total. The molecule has 0 bridgehead atoms. The van der Waals surface area contributed by atoms with Crippen LogP contribution in [0.3, 0.4) is 0 Å². The second-order valence-corrected chi connectivity index (χ2v) is 5.06. The first-order valence-corrected chi connectivity index (χ1v) is 5.87. The Kier molecular flexibility index (Phi) is 3.04. The Morgan fingerprint density at radius 2 is 1.76 bits per heavy atom. The number of phenols is 1. The molecule has 0 saturated heterocycles. The monoisotopic (exact) mass is 261 g/mol. The third-order valence-corrected chi connectivity index (χ3v) is 3.70. The van der Waals surface area contributed by atoms with Gasteiger partial charge >= 0.3 is 0 Å². The van der Waals surface area contributed by atoms with E-state index in [4.69, 9.17) is 17.3 Å². The summed E-state index contributed by atoms with van der Waals surface area (Å²) in [5, 5.41) is 10.0. The summed E-state index contributed by atoms with van der Waals surface area (Å²) in [4.78, 5) is 0. The fraction of sp³-hybridized carbons (Fsp3) is 0.500. The molecule has 0 heterocycles. The molecular formula is C12H14ClF2NO. The van der Waals surface area contributed by atoms with E-state index in [0.29, 0.717) is 5.56 Å². The van der Waals surface area contributed by atoms with E-state index in [1.54, 1.807) is 18.2 Å². The Hall–Kier alpha value is -0.870. The molecule has 0 radical (unpaired) electrons. The predicted molar refractivity (Wildman–Crippen MR) is 62.4 cm³/mol. The predicted octanol–water partition coefficient (Wildman–Crippen LogP) is 3.41. The molecule has 2 nitrogen and oxygen atoms in total. The van der Waals surface area contributed by atoms with Crippen LogP contribution in [0, 0.1) is 0 Å². The molecular weight excluding hydrogens is 248 g/mol. The fourth-order valence-corrected chi connectivity index (χ4v) is 2.42. The van der Waals surface area contributed by atoms with Crippen molar-refractivity contribution in [2.24, 2.45) is 5.73 Å². The summed E-state index contributed by atoms with van der Waals surface area (Å²) in [7, 11) is 0. The van der Waals surface area contributed by atoms with E-state index in [1.165, 1.54) is 0 Å². The number of benzene rings is 1. The lowest BCUT2D eigenvalue weighted by atomic mass is 9.76. The van der Waals surface area contributed by atoms with Crippen molar-refractivity contribution in [3.05, 3.63) is 28.8 Å². The van der Waals surface area contributed by atoms with Crippen LogP contribution in [-0.4, -0.2) is 11.0 Å². The molecule has 17 heavy (non-hydrogen) atoms. The van der Waals surface area contributed by atoms with Crippen molar-refractivity contribution in [2.45, 2.75) is 37.1 Å². The minimum absolute atomic E-state index is 0.0955. The first kappa shape index (κ1) is 12.6. The first-order chi connectivity index (χ1) is 7.84. The van der Waals surface area contributed by atoms with E-state index >= 15 is 0 Å². The Balaban J connectivity index is 2.31. The van der Waals surface area contributed by atoms with Gasteiger partial charge in [0.15, 0.2) is 0 Å². The van der Waals surface area contributed by atoms with E-state index in [1.807, 2.05) is 0 Å². The molecule has 0 amide bonds. The quantitative estimate of drug-likeness (QED) is 0.814. The van der Waals surface area contributed by atoms with Gasteiger partial charge in [0.2, 0.25) is 5.92 Å². The van der Waals surface area contributed by atoms with Gasteiger partial charge in [-0.2, -0.15) is 0 Å². The number of rotatable bonds is 1. The minimum atomic E-state index is -2.64. The van der Waals surface area contributed by atoms with Crippen LogP contribution < -0.4 is 5.73 Å². The maximum absolute atomic E-state index is 13.1. The van der Waals surface area contributed by atoms with Gasteiger partial charge in [-0.3, -0.25) is 0 Å². The van der Waals surface area contributed by atoms with Crippen LogP contribution in [0.5, 0.6) is 5.75 Å². The zero-order chi connectivity index (χ0) is 12.7. The highest BCUT2D eigenvalue weighted by molar-refractivity contribution is 6.32. The van der Waals surface area contributed by atoms with Crippen molar-refractivity contribution in [3.63, 3.8) is 0 Å². The van der Waals surface area contributed by atoms with Crippen LogP contribution in [0.25, 0.3) is 0 Å². The number of hydrogen-bond donors (Lipinski definition) is 2. The molecule has 0 spiro atoms. The van der Waals surface area contributed by atoms with Crippen LogP contribution in [-0.2, 0) is 5.54 Å². The summed E-state index contributed by atoms with van der Waals surface area (Å²) in [5.41, 5.74) is 5.67. The Morgan fingerprint density at radius 3 is 2.35 bits per heavy atom. The lowest BCUT2D eigenvalue weighted by Gasteiger charge is -2.37. The first-order valence-electron chi connectivity index (χ1n) is 5.49. The van der Waals surface area contributed by atoms with E-state index in [2.05, 4.69) is 0 Å². The lowest BCUT2D eigenvalue weighted by Crippen LogP contribution is -2.43. The molecule has 94 valence electrons. The Labute approximate surface area is 103 Å². The van der Waals surface area contributed by atoms with Gasteiger partial charge < -0.3 is 10.8 Å². The van der Waals surface area contributed by atoms with Gasteiger partial charge in [-0.15, -0.1) is 0 Å². The number of nitrogens with two attached hydrogens (primary N) is 1. The third kappa shape index (κ3) is 2.38. The molecule has 1 saturated carbocycles. The van der Waals surface area contributed by atoms with Crippen LogP contribution in [0.4, 0.5) is 8.78 Å². The van der Waals surface area contributed by atoms with Crippen LogP contribution in [0.15, 0.2) is 18.2 Å². The summed E-state index contributed by atoms with van der Waals surface area (Å²) in [5.74, 6) is -2.74. The summed E-state index contributed by atoms with van der Waals surface area (Å²) in [6.07, 6.45) is -0.216. The van der Waals surface area contributed by atoms with E-state index in [0.717, 1.165) is 0 Å². The summed E-state index contributed by atoms with van der Waals surface area (Å²) in [6.45, 7) is 0. The van der Waals surface area contributed by atoms with E-state index in [-0.39, 0.29) is 36.5 Å². The number of hydrogen-bond acceptors (Lipinski definition) is 2. The second-order valence-electron chi connectivity index (χ2n) is 4.65. The minimum Gasteiger partial charge on any atom is -0.506 e. The number of halogens is 3.